The fourth-order valence-corrected chi connectivity index (χ4v) is 1.51. The SMILES string of the molecule is O=C(O)c1coc(C(=O)NCCNC(=O)C2CC2)c1. The zero-order valence-corrected chi connectivity index (χ0v) is 10.1. The summed E-state index contributed by atoms with van der Waals surface area (Å²) in [5.41, 5.74) is -0.0767. The highest BCUT2D eigenvalue weighted by Crippen LogP contribution is 2.28. The molecule has 7 nitrogen and oxygen atoms in total. The van der Waals surface area contributed by atoms with Gasteiger partial charge >= 0.3 is 5.97 Å². The van der Waals surface area contributed by atoms with Crippen molar-refractivity contribution in [3.05, 3.63) is 23.7 Å². The van der Waals surface area contributed by atoms with Gasteiger partial charge in [0, 0.05) is 25.1 Å². The number of rotatable bonds is 6. The van der Waals surface area contributed by atoms with Crippen LogP contribution in [0.25, 0.3) is 0 Å². The third-order valence-corrected chi connectivity index (χ3v) is 2.73. The van der Waals surface area contributed by atoms with E-state index in [1.165, 1.54) is 0 Å². The van der Waals surface area contributed by atoms with Crippen molar-refractivity contribution >= 4 is 17.8 Å². The first kappa shape index (κ1) is 13.1. The van der Waals surface area contributed by atoms with Gasteiger partial charge in [0.25, 0.3) is 5.91 Å². The summed E-state index contributed by atoms with van der Waals surface area (Å²) in [5, 5.41) is 13.9. The van der Waals surface area contributed by atoms with Crippen molar-refractivity contribution < 1.29 is 23.9 Å². The van der Waals surface area contributed by atoms with E-state index in [1.54, 1.807) is 0 Å². The van der Waals surface area contributed by atoms with E-state index in [4.69, 9.17) is 9.52 Å². The van der Waals surface area contributed by atoms with Crippen LogP contribution in [-0.2, 0) is 4.79 Å². The predicted octanol–water partition coefficient (Wildman–Crippen LogP) is 0.234. The molecule has 1 aromatic heterocycles. The van der Waals surface area contributed by atoms with E-state index in [2.05, 4.69) is 10.6 Å². The van der Waals surface area contributed by atoms with Crippen LogP contribution in [0.2, 0.25) is 0 Å². The first-order valence-electron chi connectivity index (χ1n) is 5.95. The highest BCUT2D eigenvalue weighted by Gasteiger charge is 2.29. The molecule has 2 amide bonds. The third kappa shape index (κ3) is 3.57. The second-order valence-corrected chi connectivity index (χ2v) is 4.33. The van der Waals surface area contributed by atoms with Crippen LogP contribution in [0.15, 0.2) is 16.7 Å². The van der Waals surface area contributed by atoms with Gasteiger partial charge in [0.15, 0.2) is 5.76 Å². The van der Waals surface area contributed by atoms with Crippen LogP contribution in [0.4, 0.5) is 0 Å². The summed E-state index contributed by atoms with van der Waals surface area (Å²) in [5.74, 6) is -1.57. The van der Waals surface area contributed by atoms with Gasteiger partial charge < -0.3 is 20.2 Å². The second-order valence-electron chi connectivity index (χ2n) is 4.33. The minimum absolute atomic E-state index is 0.0143. The molecule has 0 spiro atoms. The number of furan rings is 1. The van der Waals surface area contributed by atoms with Gasteiger partial charge in [-0.2, -0.15) is 0 Å². The molecule has 2 rings (SSSR count). The van der Waals surface area contributed by atoms with Crippen LogP contribution in [0.5, 0.6) is 0 Å². The summed E-state index contributed by atoms with van der Waals surface area (Å²) in [6, 6.07) is 1.15. The molecule has 1 aliphatic rings. The quantitative estimate of drug-likeness (QED) is 0.639. The maximum Gasteiger partial charge on any atom is 0.338 e. The van der Waals surface area contributed by atoms with Crippen LogP contribution in [0.3, 0.4) is 0 Å². The van der Waals surface area contributed by atoms with Gasteiger partial charge in [-0.05, 0) is 12.8 Å². The average Bonchev–Trinajstić information content (AvgIpc) is 3.10. The van der Waals surface area contributed by atoms with E-state index in [1.807, 2.05) is 0 Å². The molecule has 0 atom stereocenters. The van der Waals surface area contributed by atoms with Crippen molar-refractivity contribution in [2.45, 2.75) is 12.8 Å². The molecule has 1 heterocycles. The Morgan fingerprint density at radius 2 is 1.95 bits per heavy atom. The first-order valence-corrected chi connectivity index (χ1v) is 5.95. The van der Waals surface area contributed by atoms with Gasteiger partial charge in [-0.15, -0.1) is 0 Å². The first-order chi connectivity index (χ1) is 9.08. The fraction of sp³-hybridized carbons (Fsp3) is 0.417. The van der Waals surface area contributed by atoms with Crippen molar-refractivity contribution in [3.8, 4) is 0 Å². The Labute approximate surface area is 109 Å². The molecule has 0 aliphatic heterocycles. The van der Waals surface area contributed by atoms with Crippen LogP contribution in [0, 0.1) is 5.92 Å². The molecular weight excluding hydrogens is 252 g/mol. The normalized spacial score (nSPS) is 13.9. The van der Waals surface area contributed by atoms with Crippen LogP contribution in [0.1, 0.15) is 33.8 Å². The summed E-state index contributed by atoms with van der Waals surface area (Å²) in [4.78, 5) is 33.5. The number of hydrogen-bond acceptors (Lipinski definition) is 4. The molecule has 3 N–H and O–H groups in total. The Hall–Kier alpha value is -2.31. The Morgan fingerprint density at radius 1 is 1.26 bits per heavy atom. The molecule has 0 bridgehead atoms. The molecule has 102 valence electrons. The van der Waals surface area contributed by atoms with E-state index in [-0.39, 0.29) is 29.7 Å². The van der Waals surface area contributed by atoms with Gasteiger partial charge in [-0.25, -0.2) is 4.79 Å². The summed E-state index contributed by atoms with van der Waals surface area (Å²) < 4.78 is 4.83. The van der Waals surface area contributed by atoms with E-state index in [9.17, 15) is 14.4 Å². The van der Waals surface area contributed by atoms with Crippen LogP contribution in [-0.4, -0.2) is 36.0 Å². The summed E-state index contributed by atoms with van der Waals surface area (Å²) >= 11 is 0. The molecule has 0 unspecified atom stereocenters. The fourth-order valence-electron chi connectivity index (χ4n) is 1.51. The molecule has 1 fully saturated rings. The second kappa shape index (κ2) is 5.55. The molecule has 7 heteroatoms. The van der Waals surface area contributed by atoms with Gasteiger partial charge in [0.1, 0.15) is 6.26 Å². The number of carbonyl (C=O) groups excluding carboxylic acids is 2. The standard InChI is InChI=1S/C12H14N2O5/c15-10(7-1-2-7)13-3-4-14-11(16)9-5-8(6-19-9)12(17)18/h5-7H,1-4H2,(H,13,15)(H,14,16)(H,17,18). The van der Waals surface area contributed by atoms with Crippen molar-refractivity contribution in [1.82, 2.24) is 10.6 Å². The molecule has 1 saturated carbocycles. The topological polar surface area (TPSA) is 109 Å². The highest BCUT2D eigenvalue weighted by atomic mass is 16.4. The zero-order valence-electron chi connectivity index (χ0n) is 10.1. The minimum Gasteiger partial charge on any atom is -0.478 e. The van der Waals surface area contributed by atoms with E-state index in [0.29, 0.717) is 6.54 Å². The monoisotopic (exact) mass is 266 g/mol. The van der Waals surface area contributed by atoms with Crippen molar-refractivity contribution in [1.29, 1.82) is 0 Å². The largest absolute Gasteiger partial charge is 0.478 e. The zero-order chi connectivity index (χ0) is 13.8. The Morgan fingerprint density at radius 3 is 2.53 bits per heavy atom. The smallest absolute Gasteiger partial charge is 0.338 e. The maximum atomic E-state index is 11.6. The number of carboxylic acid groups (broad SMARTS) is 1. The van der Waals surface area contributed by atoms with Crippen LogP contribution < -0.4 is 10.6 Å². The Balaban J connectivity index is 1.71. The van der Waals surface area contributed by atoms with Gasteiger partial charge in [-0.1, -0.05) is 0 Å². The van der Waals surface area contributed by atoms with Crippen LogP contribution >= 0.6 is 0 Å². The summed E-state index contributed by atoms with van der Waals surface area (Å²) in [7, 11) is 0. The highest BCUT2D eigenvalue weighted by molar-refractivity contribution is 5.95. The number of carbonyl (C=O) groups is 3. The number of aromatic carboxylic acids is 1. The van der Waals surface area contributed by atoms with Crippen molar-refractivity contribution in [2.24, 2.45) is 5.92 Å². The van der Waals surface area contributed by atoms with Crippen molar-refractivity contribution in [3.63, 3.8) is 0 Å². The van der Waals surface area contributed by atoms with E-state index in [0.717, 1.165) is 25.2 Å². The summed E-state index contributed by atoms with van der Waals surface area (Å²) in [6.45, 7) is 0.605. The average molecular weight is 266 g/mol. The lowest BCUT2D eigenvalue weighted by Gasteiger charge is -2.04. The molecule has 0 aromatic carbocycles. The van der Waals surface area contributed by atoms with Crippen molar-refractivity contribution in [2.75, 3.05) is 13.1 Å². The molecule has 1 aliphatic carbocycles. The number of amides is 2. The summed E-state index contributed by atoms with van der Waals surface area (Å²) in [6.07, 6.45) is 2.87. The van der Waals surface area contributed by atoms with Gasteiger partial charge in [0.2, 0.25) is 5.91 Å². The van der Waals surface area contributed by atoms with Gasteiger partial charge in [0.05, 0.1) is 5.56 Å². The molecule has 19 heavy (non-hydrogen) atoms. The lowest BCUT2D eigenvalue weighted by atomic mass is 10.3. The van der Waals surface area contributed by atoms with E-state index < -0.39 is 11.9 Å². The molecule has 0 saturated heterocycles. The molecular formula is C12H14N2O5. The number of carboxylic acids is 1. The molecule has 1 aromatic rings. The van der Waals surface area contributed by atoms with E-state index >= 15 is 0 Å². The lowest BCUT2D eigenvalue weighted by molar-refractivity contribution is -0.122. The third-order valence-electron chi connectivity index (χ3n) is 2.73. The predicted molar refractivity (Wildman–Crippen MR) is 63.7 cm³/mol. The molecule has 0 radical (unpaired) electrons. The minimum atomic E-state index is -1.15. The maximum absolute atomic E-state index is 11.6. The Bertz CT molecular complexity index is 504. The number of nitrogens with one attached hydrogen (secondary N) is 2. The lowest BCUT2D eigenvalue weighted by Crippen LogP contribution is -2.35. The Kier molecular flexibility index (Phi) is 3.84. The van der Waals surface area contributed by atoms with Gasteiger partial charge in [-0.3, -0.25) is 9.59 Å². The number of hydrogen-bond donors (Lipinski definition) is 3.